The number of rotatable bonds is 7. The fraction of sp³-hybridized carbons (Fsp3) is 0.300. The van der Waals surface area contributed by atoms with Crippen molar-refractivity contribution in [3.05, 3.63) is 29.8 Å². The zero-order valence-corrected chi connectivity index (χ0v) is 13.1. The Kier molecular flexibility index (Phi) is 5.59. The van der Waals surface area contributed by atoms with Crippen molar-refractivity contribution in [3.63, 3.8) is 0 Å². The van der Waals surface area contributed by atoms with Crippen LogP contribution in [0.25, 0.3) is 0 Å². The highest BCUT2D eigenvalue weighted by molar-refractivity contribution is 7.89. The lowest BCUT2D eigenvalue weighted by Crippen LogP contribution is -2.34. The number of hydrogen-bond donors (Lipinski definition) is 3. The van der Waals surface area contributed by atoms with Crippen LogP contribution in [0.4, 0.5) is 0 Å². The number of sulfonamides is 2. The van der Waals surface area contributed by atoms with E-state index < -0.39 is 20.0 Å². The normalized spacial score (nSPS) is 12.2. The molecule has 0 spiro atoms. The average molecular weight is 337 g/mol. The molecule has 0 saturated carbocycles. The maximum Gasteiger partial charge on any atom is 0.241 e. The van der Waals surface area contributed by atoms with Crippen LogP contribution < -0.4 is 15.2 Å². The van der Waals surface area contributed by atoms with Crippen molar-refractivity contribution in [2.75, 3.05) is 19.3 Å². The Bertz CT molecular complexity index is 698. The summed E-state index contributed by atoms with van der Waals surface area (Å²) in [7, 11) is -7.16. The van der Waals surface area contributed by atoms with E-state index >= 15 is 0 Å². The topological polar surface area (TPSA) is 118 Å². The molecule has 20 heavy (non-hydrogen) atoms. The molecule has 4 N–H and O–H groups in total. The molecule has 0 saturated heterocycles. The van der Waals surface area contributed by atoms with Gasteiger partial charge in [-0.25, -0.2) is 26.3 Å². The van der Waals surface area contributed by atoms with Gasteiger partial charge in [-0.1, -0.05) is 30.4 Å². The Morgan fingerprint density at radius 1 is 1.15 bits per heavy atom. The van der Waals surface area contributed by atoms with Crippen molar-refractivity contribution in [1.82, 2.24) is 9.44 Å². The van der Waals surface area contributed by atoms with E-state index in [0.29, 0.717) is 0 Å². The van der Waals surface area contributed by atoms with E-state index in [-0.39, 0.29) is 28.5 Å². The van der Waals surface area contributed by atoms with Crippen LogP contribution in [0.3, 0.4) is 0 Å². The molecule has 1 rings (SSSR count). The Labute approximate surface area is 123 Å². The van der Waals surface area contributed by atoms with E-state index in [1.165, 1.54) is 12.1 Å². The van der Waals surface area contributed by atoms with Gasteiger partial charge in [-0.05, 0) is 6.07 Å². The SMILES string of the molecule is CS(=O)(=O)NCCNS(=O)(=O)c1ccccc1C(N)=S. The molecule has 0 radical (unpaired) electrons. The highest BCUT2D eigenvalue weighted by Crippen LogP contribution is 2.14. The molecule has 0 aliphatic heterocycles. The fourth-order valence-corrected chi connectivity index (χ4v) is 3.37. The Morgan fingerprint density at radius 2 is 1.70 bits per heavy atom. The van der Waals surface area contributed by atoms with Crippen molar-refractivity contribution in [1.29, 1.82) is 0 Å². The van der Waals surface area contributed by atoms with Gasteiger partial charge < -0.3 is 5.73 Å². The number of hydrogen-bond acceptors (Lipinski definition) is 5. The first-order chi connectivity index (χ1) is 9.13. The van der Waals surface area contributed by atoms with Gasteiger partial charge in [0.1, 0.15) is 4.99 Å². The van der Waals surface area contributed by atoms with Gasteiger partial charge in [-0.2, -0.15) is 0 Å². The second kappa shape index (κ2) is 6.59. The number of benzene rings is 1. The summed E-state index contributed by atoms with van der Waals surface area (Å²) >= 11 is 4.80. The predicted octanol–water partition coefficient (Wildman–Crippen LogP) is -0.852. The minimum absolute atomic E-state index is 0.0276. The average Bonchev–Trinajstić information content (AvgIpc) is 2.33. The van der Waals surface area contributed by atoms with Crippen LogP contribution in [0.15, 0.2) is 29.2 Å². The van der Waals surface area contributed by atoms with Crippen molar-refractivity contribution in [2.45, 2.75) is 4.90 Å². The Morgan fingerprint density at radius 3 is 2.25 bits per heavy atom. The van der Waals surface area contributed by atoms with E-state index in [1.54, 1.807) is 12.1 Å². The lowest BCUT2D eigenvalue weighted by atomic mass is 10.2. The van der Waals surface area contributed by atoms with Crippen LogP contribution in [0.5, 0.6) is 0 Å². The highest BCUT2D eigenvalue weighted by Gasteiger charge is 2.18. The van der Waals surface area contributed by atoms with Crippen LogP contribution in [0, 0.1) is 0 Å². The van der Waals surface area contributed by atoms with Gasteiger partial charge in [-0.3, -0.25) is 0 Å². The molecule has 1 aromatic carbocycles. The van der Waals surface area contributed by atoms with Gasteiger partial charge in [0.05, 0.1) is 11.2 Å². The third-order valence-corrected chi connectivity index (χ3v) is 4.69. The third kappa shape index (κ3) is 5.13. The minimum atomic E-state index is -3.81. The maximum absolute atomic E-state index is 12.1. The summed E-state index contributed by atoms with van der Waals surface area (Å²) in [5, 5.41) is 0. The molecule has 0 aliphatic carbocycles. The molecule has 0 amide bonds. The first-order valence-electron chi connectivity index (χ1n) is 5.46. The molecular formula is C10H15N3O4S3. The summed E-state index contributed by atoms with van der Waals surface area (Å²) < 4.78 is 50.3. The molecule has 112 valence electrons. The minimum Gasteiger partial charge on any atom is -0.389 e. The van der Waals surface area contributed by atoms with Gasteiger partial charge >= 0.3 is 0 Å². The van der Waals surface area contributed by atoms with E-state index in [2.05, 4.69) is 9.44 Å². The zero-order chi connectivity index (χ0) is 15.4. The van der Waals surface area contributed by atoms with Gasteiger partial charge in [0.15, 0.2) is 0 Å². The fourth-order valence-electron chi connectivity index (χ4n) is 1.40. The monoisotopic (exact) mass is 337 g/mol. The molecule has 0 aromatic heterocycles. The van der Waals surface area contributed by atoms with Crippen molar-refractivity contribution in [3.8, 4) is 0 Å². The summed E-state index contributed by atoms with van der Waals surface area (Å²) in [4.78, 5) is -0.0629. The predicted molar refractivity (Wildman–Crippen MR) is 80.4 cm³/mol. The standard InChI is InChI=1S/C10H15N3O4S3/c1-19(14,15)12-6-7-13-20(16,17)9-5-3-2-4-8(9)10(11)18/h2-5,12-13H,6-7H2,1H3,(H2,11,18). The molecule has 0 fully saturated rings. The lowest BCUT2D eigenvalue weighted by molar-refractivity contribution is 0.573. The van der Waals surface area contributed by atoms with Gasteiger partial charge in [0.2, 0.25) is 20.0 Å². The zero-order valence-electron chi connectivity index (χ0n) is 10.7. The quantitative estimate of drug-likeness (QED) is 0.440. The molecule has 0 unspecified atom stereocenters. The molecule has 0 aliphatic rings. The third-order valence-electron chi connectivity index (χ3n) is 2.22. The van der Waals surface area contributed by atoms with Crippen LogP contribution in [0.1, 0.15) is 5.56 Å². The van der Waals surface area contributed by atoms with E-state index in [0.717, 1.165) is 6.26 Å². The molecule has 0 bridgehead atoms. The molecule has 0 atom stereocenters. The molecule has 1 aromatic rings. The summed E-state index contributed by atoms with van der Waals surface area (Å²) in [6.07, 6.45) is 0.990. The van der Waals surface area contributed by atoms with Crippen LogP contribution in [-0.4, -0.2) is 41.2 Å². The van der Waals surface area contributed by atoms with Gasteiger partial charge in [-0.15, -0.1) is 0 Å². The first-order valence-corrected chi connectivity index (χ1v) is 9.25. The van der Waals surface area contributed by atoms with E-state index in [1.807, 2.05) is 0 Å². The maximum atomic E-state index is 12.1. The lowest BCUT2D eigenvalue weighted by Gasteiger charge is -2.10. The second-order valence-corrected chi connectivity index (χ2v) is 7.93. The summed E-state index contributed by atoms with van der Waals surface area (Å²) in [5.74, 6) is 0. The largest absolute Gasteiger partial charge is 0.389 e. The van der Waals surface area contributed by atoms with E-state index in [4.69, 9.17) is 18.0 Å². The molecule has 0 heterocycles. The summed E-state index contributed by atoms with van der Waals surface area (Å²) in [6.45, 7) is -0.131. The molecule has 7 nitrogen and oxygen atoms in total. The van der Waals surface area contributed by atoms with Crippen LogP contribution in [0.2, 0.25) is 0 Å². The Hall–Kier alpha value is -1.07. The van der Waals surface area contributed by atoms with Crippen LogP contribution >= 0.6 is 12.2 Å². The van der Waals surface area contributed by atoms with Crippen molar-refractivity contribution in [2.24, 2.45) is 5.73 Å². The highest BCUT2D eigenvalue weighted by atomic mass is 32.2. The molecule has 10 heteroatoms. The van der Waals surface area contributed by atoms with E-state index in [9.17, 15) is 16.8 Å². The number of thiocarbonyl (C=S) groups is 1. The Balaban J connectivity index is 2.82. The van der Waals surface area contributed by atoms with Gasteiger partial charge in [0, 0.05) is 18.7 Å². The second-order valence-electron chi connectivity index (χ2n) is 3.92. The summed E-state index contributed by atoms with van der Waals surface area (Å²) in [5.41, 5.74) is 5.71. The number of nitrogens with two attached hydrogens (primary N) is 1. The van der Waals surface area contributed by atoms with Crippen molar-refractivity contribution >= 4 is 37.3 Å². The summed E-state index contributed by atoms with van der Waals surface area (Å²) in [6, 6.07) is 6.05. The van der Waals surface area contributed by atoms with Crippen molar-refractivity contribution < 1.29 is 16.8 Å². The first kappa shape index (κ1) is 17.0. The van der Waals surface area contributed by atoms with Crippen LogP contribution in [-0.2, 0) is 20.0 Å². The number of nitrogens with one attached hydrogen (secondary N) is 2. The smallest absolute Gasteiger partial charge is 0.241 e. The molecular weight excluding hydrogens is 322 g/mol. The van der Waals surface area contributed by atoms with Gasteiger partial charge in [0.25, 0.3) is 0 Å².